The molecule has 0 spiro atoms. The van der Waals surface area contributed by atoms with Crippen molar-refractivity contribution in [3.05, 3.63) is 51.6 Å². The van der Waals surface area contributed by atoms with E-state index >= 15 is 0 Å². The molecule has 1 aromatic carbocycles. The molecule has 146 valence electrons. The molecule has 0 aliphatic carbocycles. The van der Waals surface area contributed by atoms with Gasteiger partial charge < -0.3 is 14.8 Å². The van der Waals surface area contributed by atoms with Gasteiger partial charge in [0, 0.05) is 49.2 Å². The van der Waals surface area contributed by atoms with Gasteiger partial charge in [0.2, 0.25) is 5.91 Å². The number of amides is 1. The van der Waals surface area contributed by atoms with Gasteiger partial charge in [-0.15, -0.1) is 0 Å². The first-order chi connectivity index (χ1) is 13.1. The van der Waals surface area contributed by atoms with Crippen LogP contribution in [0.15, 0.2) is 18.2 Å². The molecule has 0 atom stereocenters. The maximum atomic E-state index is 13.1. The first kappa shape index (κ1) is 19.8. The number of fused-ring (bicyclic) bond motifs is 1. The molecular weight excluding hydrogens is 373 g/mol. The van der Waals surface area contributed by atoms with Crippen LogP contribution in [0.4, 0.5) is 4.39 Å². The number of ether oxygens (including phenoxy) is 2. The molecule has 0 saturated heterocycles. The molecular formula is C19H23ClFN3O3. The molecule has 3 rings (SSSR count). The average Bonchev–Trinajstić information content (AvgIpc) is 3.02. The molecule has 0 radical (unpaired) electrons. The van der Waals surface area contributed by atoms with E-state index in [4.69, 9.17) is 21.1 Å². The van der Waals surface area contributed by atoms with E-state index < -0.39 is 5.82 Å². The summed E-state index contributed by atoms with van der Waals surface area (Å²) in [6, 6.07) is 4.14. The number of hydrogen-bond donors (Lipinski definition) is 1. The SMILES string of the molecule is COCCn1nc(CCC(=O)NCc2ccc(F)cc2Cl)c2c1CCOC2. The molecule has 0 saturated carbocycles. The van der Waals surface area contributed by atoms with E-state index in [2.05, 4.69) is 10.4 Å². The van der Waals surface area contributed by atoms with Crippen molar-refractivity contribution in [2.75, 3.05) is 20.3 Å². The third kappa shape index (κ3) is 5.06. The van der Waals surface area contributed by atoms with Crippen LogP contribution in [0.25, 0.3) is 0 Å². The van der Waals surface area contributed by atoms with Crippen molar-refractivity contribution >= 4 is 17.5 Å². The van der Waals surface area contributed by atoms with Crippen LogP contribution < -0.4 is 5.32 Å². The molecule has 6 nitrogen and oxygen atoms in total. The van der Waals surface area contributed by atoms with Gasteiger partial charge in [0.15, 0.2) is 0 Å². The van der Waals surface area contributed by atoms with Crippen molar-refractivity contribution in [2.24, 2.45) is 0 Å². The second-order valence-electron chi connectivity index (χ2n) is 6.40. The monoisotopic (exact) mass is 395 g/mol. The Kier molecular flexibility index (Phi) is 6.82. The number of carbonyl (C=O) groups excluding carboxylic acids is 1. The van der Waals surface area contributed by atoms with E-state index in [1.54, 1.807) is 13.2 Å². The fraction of sp³-hybridized carbons (Fsp3) is 0.474. The third-order valence-corrected chi connectivity index (χ3v) is 4.92. The van der Waals surface area contributed by atoms with Gasteiger partial charge in [-0.05, 0) is 17.7 Å². The van der Waals surface area contributed by atoms with Crippen LogP contribution in [0.2, 0.25) is 5.02 Å². The minimum atomic E-state index is -0.397. The summed E-state index contributed by atoms with van der Waals surface area (Å²) >= 11 is 5.98. The van der Waals surface area contributed by atoms with Crippen molar-refractivity contribution in [1.29, 1.82) is 0 Å². The smallest absolute Gasteiger partial charge is 0.220 e. The van der Waals surface area contributed by atoms with Crippen LogP contribution in [0.3, 0.4) is 0 Å². The maximum Gasteiger partial charge on any atom is 0.220 e. The third-order valence-electron chi connectivity index (χ3n) is 4.57. The molecule has 2 heterocycles. The van der Waals surface area contributed by atoms with Gasteiger partial charge in [-0.3, -0.25) is 9.48 Å². The van der Waals surface area contributed by atoms with Crippen molar-refractivity contribution in [3.63, 3.8) is 0 Å². The lowest BCUT2D eigenvalue weighted by atomic mass is 10.1. The van der Waals surface area contributed by atoms with Gasteiger partial charge in [0.05, 0.1) is 32.1 Å². The highest BCUT2D eigenvalue weighted by Crippen LogP contribution is 2.22. The molecule has 1 aliphatic heterocycles. The van der Waals surface area contributed by atoms with Crippen LogP contribution in [-0.4, -0.2) is 36.0 Å². The van der Waals surface area contributed by atoms with Crippen LogP contribution >= 0.6 is 11.6 Å². The number of hydrogen-bond acceptors (Lipinski definition) is 4. The second kappa shape index (κ2) is 9.30. The van der Waals surface area contributed by atoms with Gasteiger partial charge in [-0.1, -0.05) is 17.7 Å². The lowest BCUT2D eigenvalue weighted by Crippen LogP contribution is -2.23. The number of carbonyl (C=O) groups is 1. The Bertz CT molecular complexity index is 810. The number of benzene rings is 1. The van der Waals surface area contributed by atoms with Crippen LogP contribution in [-0.2, 0) is 46.8 Å². The molecule has 8 heteroatoms. The molecule has 1 N–H and O–H groups in total. The highest BCUT2D eigenvalue weighted by Gasteiger charge is 2.21. The molecule has 2 aromatic rings. The Morgan fingerprint density at radius 3 is 3.11 bits per heavy atom. The van der Waals surface area contributed by atoms with E-state index in [-0.39, 0.29) is 12.5 Å². The molecule has 1 aromatic heterocycles. The van der Waals surface area contributed by atoms with Crippen molar-refractivity contribution in [2.45, 2.75) is 39.0 Å². The Morgan fingerprint density at radius 1 is 1.48 bits per heavy atom. The number of halogens is 2. The van der Waals surface area contributed by atoms with E-state index in [1.807, 2.05) is 4.68 Å². The van der Waals surface area contributed by atoms with E-state index in [0.29, 0.717) is 49.8 Å². The summed E-state index contributed by atoms with van der Waals surface area (Å²) in [6.45, 7) is 2.76. The van der Waals surface area contributed by atoms with E-state index in [1.165, 1.54) is 17.8 Å². The van der Waals surface area contributed by atoms with Gasteiger partial charge in [0.1, 0.15) is 5.82 Å². The predicted octanol–water partition coefficient (Wildman–Crippen LogP) is 2.64. The zero-order valence-electron chi connectivity index (χ0n) is 15.3. The normalized spacial score (nSPS) is 13.4. The number of methoxy groups -OCH3 is 1. The fourth-order valence-electron chi connectivity index (χ4n) is 3.12. The summed E-state index contributed by atoms with van der Waals surface area (Å²) in [5.74, 6) is -0.501. The molecule has 1 aliphatic rings. The van der Waals surface area contributed by atoms with Gasteiger partial charge in [-0.25, -0.2) is 4.39 Å². The minimum Gasteiger partial charge on any atom is -0.383 e. The summed E-state index contributed by atoms with van der Waals surface area (Å²) in [6.07, 6.45) is 1.67. The number of aryl methyl sites for hydroxylation is 1. The lowest BCUT2D eigenvalue weighted by Gasteiger charge is -2.15. The first-order valence-corrected chi connectivity index (χ1v) is 9.31. The molecule has 0 bridgehead atoms. The summed E-state index contributed by atoms with van der Waals surface area (Å²) in [5.41, 5.74) is 3.84. The highest BCUT2D eigenvalue weighted by atomic mass is 35.5. The minimum absolute atomic E-state index is 0.104. The van der Waals surface area contributed by atoms with Crippen LogP contribution in [0, 0.1) is 5.82 Å². The molecule has 1 amide bonds. The van der Waals surface area contributed by atoms with Crippen LogP contribution in [0.1, 0.15) is 28.9 Å². The van der Waals surface area contributed by atoms with E-state index in [9.17, 15) is 9.18 Å². The first-order valence-electron chi connectivity index (χ1n) is 8.93. The maximum absolute atomic E-state index is 13.1. The molecule has 0 fully saturated rings. The summed E-state index contributed by atoms with van der Waals surface area (Å²) in [5, 5.41) is 7.78. The predicted molar refractivity (Wildman–Crippen MR) is 99.0 cm³/mol. The van der Waals surface area contributed by atoms with Crippen molar-refractivity contribution < 1.29 is 18.7 Å². The zero-order valence-corrected chi connectivity index (χ0v) is 16.0. The van der Waals surface area contributed by atoms with Gasteiger partial charge in [0.25, 0.3) is 0 Å². The fourth-order valence-corrected chi connectivity index (χ4v) is 3.36. The Hall–Kier alpha value is -1.96. The highest BCUT2D eigenvalue weighted by molar-refractivity contribution is 6.31. The Morgan fingerprint density at radius 2 is 2.33 bits per heavy atom. The zero-order chi connectivity index (χ0) is 19.2. The number of nitrogens with zero attached hydrogens (tertiary/aromatic N) is 2. The van der Waals surface area contributed by atoms with Gasteiger partial charge >= 0.3 is 0 Å². The van der Waals surface area contributed by atoms with Crippen molar-refractivity contribution in [1.82, 2.24) is 15.1 Å². The summed E-state index contributed by atoms with van der Waals surface area (Å²) in [7, 11) is 1.66. The largest absolute Gasteiger partial charge is 0.383 e. The number of nitrogens with one attached hydrogen (secondary N) is 1. The number of rotatable bonds is 8. The topological polar surface area (TPSA) is 65.4 Å². The average molecular weight is 396 g/mol. The quantitative estimate of drug-likeness (QED) is 0.746. The standard InChI is InChI=1S/C19H23ClFN3O3/c1-26-9-7-24-18-6-8-27-12-15(18)17(23-24)4-5-19(25)22-11-13-2-3-14(21)10-16(13)20/h2-3,10H,4-9,11-12H2,1H3,(H,22,25). The van der Waals surface area contributed by atoms with E-state index in [0.717, 1.165) is 17.7 Å². The Labute approximate surface area is 162 Å². The Balaban J connectivity index is 1.57. The summed E-state index contributed by atoms with van der Waals surface area (Å²) in [4.78, 5) is 12.2. The number of aromatic nitrogens is 2. The second-order valence-corrected chi connectivity index (χ2v) is 6.81. The van der Waals surface area contributed by atoms with Gasteiger partial charge in [-0.2, -0.15) is 5.10 Å². The lowest BCUT2D eigenvalue weighted by molar-refractivity contribution is -0.121. The molecule has 0 unspecified atom stereocenters. The summed E-state index contributed by atoms with van der Waals surface area (Å²) < 4.78 is 25.7. The van der Waals surface area contributed by atoms with Crippen molar-refractivity contribution in [3.8, 4) is 0 Å². The van der Waals surface area contributed by atoms with Crippen LogP contribution in [0.5, 0.6) is 0 Å². The molecule has 27 heavy (non-hydrogen) atoms.